The van der Waals surface area contributed by atoms with Crippen molar-refractivity contribution in [2.45, 2.75) is 50.2 Å². The van der Waals surface area contributed by atoms with Gasteiger partial charge in [-0.2, -0.15) is 0 Å². The molecule has 0 unspecified atom stereocenters. The molecule has 2 heterocycles. The van der Waals surface area contributed by atoms with Crippen LogP contribution in [0.3, 0.4) is 0 Å². The summed E-state index contributed by atoms with van der Waals surface area (Å²) in [6.07, 6.45) is -0.639. The summed E-state index contributed by atoms with van der Waals surface area (Å²) in [4.78, 5) is 27.0. The molecule has 188 valence electrons. The molecule has 4 rings (SSSR count). The van der Waals surface area contributed by atoms with Crippen LogP contribution in [0.15, 0.2) is 48.5 Å². The molecule has 0 aromatic heterocycles. The Morgan fingerprint density at radius 3 is 2.71 bits per heavy atom. The highest BCUT2D eigenvalue weighted by atomic mass is 19.1. The number of carbonyl (C=O) groups is 2. The average molecular weight is 490 g/mol. The van der Waals surface area contributed by atoms with Crippen LogP contribution in [0.25, 0.3) is 0 Å². The quantitative estimate of drug-likeness (QED) is 0.600. The molecular weight excluding hydrogens is 460 g/mol. The number of carbonyl (C=O) groups excluding carboxylic acids is 2. The van der Waals surface area contributed by atoms with Crippen molar-refractivity contribution in [3.63, 3.8) is 0 Å². The van der Waals surface area contributed by atoms with Crippen LogP contribution in [0, 0.1) is 11.6 Å². The Morgan fingerprint density at radius 1 is 1.09 bits per heavy atom. The van der Waals surface area contributed by atoms with Crippen LogP contribution < -0.4 is 10.6 Å². The molecule has 2 aliphatic heterocycles. The van der Waals surface area contributed by atoms with Gasteiger partial charge in [0.1, 0.15) is 17.7 Å². The normalized spacial score (nSPS) is 24.6. The van der Waals surface area contributed by atoms with Gasteiger partial charge in [-0.1, -0.05) is 24.3 Å². The van der Waals surface area contributed by atoms with Crippen molar-refractivity contribution >= 4 is 17.6 Å². The lowest BCUT2D eigenvalue weighted by Crippen LogP contribution is -2.58. The maximum absolute atomic E-state index is 13.8. The highest BCUT2D eigenvalue weighted by Crippen LogP contribution is 2.28. The van der Waals surface area contributed by atoms with Crippen molar-refractivity contribution in [1.82, 2.24) is 10.2 Å². The van der Waals surface area contributed by atoms with Gasteiger partial charge in [-0.3, -0.25) is 4.79 Å². The van der Waals surface area contributed by atoms with E-state index in [1.54, 1.807) is 24.3 Å². The molecule has 2 aromatic rings. The lowest BCUT2D eigenvalue weighted by molar-refractivity contribution is -0.149. The van der Waals surface area contributed by atoms with Crippen LogP contribution in [0.5, 0.6) is 0 Å². The number of ether oxygens (including phenoxy) is 2. The monoisotopic (exact) mass is 489 g/mol. The van der Waals surface area contributed by atoms with Gasteiger partial charge in [0, 0.05) is 17.8 Å². The molecule has 0 bridgehead atoms. The van der Waals surface area contributed by atoms with E-state index in [0.717, 1.165) is 0 Å². The molecule has 2 fully saturated rings. The standard InChI is InChI=1S/C25H29F2N3O5/c26-17-5-3-6-18(10-17)29-25(33)30-13-19(31)14-34-15-23-22(30)9-8-20(35-23)11-24(32)28-12-16-4-1-2-7-21(16)27/h1-7,10,19-20,22-23,31H,8-9,11-15H2,(H,28,32)(H,29,33)/t19-,20-,22+,23-/m1/s1. The number of amides is 3. The number of hydrogen-bond acceptors (Lipinski definition) is 5. The van der Waals surface area contributed by atoms with E-state index in [2.05, 4.69) is 10.6 Å². The summed E-state index contributed by atoms with van der Waals surface area (Å²) in [6.45, 7) is 0.293. The first-order chi connectivity index (χ1) is 16.9. The molecule has 8 nitrogen and oxygen atoms in total. The SMILES string of the molecule is O=C(C[C@H]1CC[C@H]2[C@@H](COC[C@H](O)CN2C(=O)Nc2cccc(F)c2)O1)NCc1ccccc1F. The summed E-state index contributed by atoms with van der Waals surface area (Å²) in [5.41, 5.74) is 0.706. The Balaban J connectivity index is 1.36. The number of benzene rings is 2. The number of aliphatic hydroxyl groups excluding tert-OH is 1. The third-order valence-corrected chi connectivity index (χ3v) is 6.16. The van der Waals surface area contributed by atoms with Crippen molar-refractivity contribution in [3.05, 3.63) is 65.7 Å². The number of anilines is 1. The summed E-state index contributed by atoms with van der Waals surface area (Å²) in [7, 11) is 0. The van der Waals surface area contributed by atoms with Gasteiger partial charge >= 0.3 is 6.03 Å². The second-order valence-electron chi connectivity index (χ2n) is 8.80. The van der Waals surface area contributed by atoms with Crippen molar-refractivity contribution < 1.29 is 33.0 Å². The Hall–Kier alpha value is -3.08. The van der Waals surface area contributed by atoms with E-state index < -0.39 is 36.2 Å². The number of hydrogen-bond donors (Lipinski definition) is 3. The molecule has 35 heavy (non-hydrogen) atoms. The minimum absolute atomic E-state index is 0.0273. The van der Waals surface area contributed by atoms with Crippen molar-refractivity contribution in [1.29, 1.82) is 0 Å². The molecule has 3 amide bonds. The lowest BCUT2D eigenvalue weighted by Gasteiger charge is -2.44. The maximum Gasteiger partial charge on any atom is 0.322 e. The number of nitrogens with zero attached hydrogens (tertiary/aromatic N) is 1. The molecule has 4 atom stereocenters. The van der Waals surface area contributed by atoms with Crippen molar-refractivity contribution in [2.24, 2.45) is 0 Å². The fraction of sp³-hybridized carbons (Fsp3) is 0.440. The second kappa shape index (κ2) is 11.6. The van der Waals surface area contributed by atoms with Crippen LogP contribution in [0.4, 0.5) is 19.3 Å². The molecular formula is C25H29F2N3O5. The number of fused-ring (bicyclic) bond motifs is 1. The van der Waals surface area contributed by atoms with Gasteiger partial charge in [0.05, 0.1) is 44.4 Å². The average Bonchev–Trinajstić information content (AvgIpc) is 2.81. The van der Waals surface area contributed by atoms with Gasteiger partial charge in [0.2, 0.25) is 5.91 Å². The fourth-order valence-electron chi connectivity index (χ4n) is 4.45. The van der Waals surface area contributed by atoms with Gasteiger partial charge in [0.25, 0.3) is 0 Å². The van der Waals surface area contributed by atoms with Crippen LogP contribution in [-0.4, -0.2) is 66.1 Å². The fourth-order valence-corrected chi connectivity index (χ4v) is 4.45. The zero-order valence-corrected chi connectivity index (χ0v) is 19.2. The maximum atomic E-state index is 13.8. The van der Waals surface area contributed by atoms with E-state index in [0.29, 0.717) is 24.1 Å². The van der Waals surface area contributed by atoms with Gasteiger partial charge in [-0.15, -0.1) is 0 Å². The zero-order valence-electron chi connectivity index (χ0n) is 19.2. The summed E-state index contributed by atoms with van der Waals surface area (Å²) in [5, 5.41) is 15.6. The smallest absolute Gasteiger partial charge is 0.322 e. The summed E-state index contributed by atoms with van der Waals surface area (Å²) in [6, 6.07) is 10.9. The molecule has 0 spiro atoms. The first-order valence-electron chi connectivity index (χ1n) is 11.6. The third-order valence-electron chi connectivity index (χ3n) is 6.16. The van der Waals surface area contributed by atoms with Gasteiger partial charge in [-0.05, 0) is 37.1 Å². The summed E-state index contributed by atoms with van der Waals surface area (Å²) < 4.78 is 39.0. The Kier molecular flexibility index (Phi) is 8.27. The highest BCUT2D eigenvalue weighted by molar-refractivity contribution is 5.89. The van der Waals surface area contributed by atoms with Crippen LogP contribution in [0.2, 0.25) is 0 Å². The first kappa shape index (κ1) is 25.0. The Labute approximate surface area is 202 Å². The first-order valence-corrected chi connectivity index (χ1v) is 11.6. The van der Waals surface area contributed by atoms with E-state index in [1.807, 2.05) is 0 Å². The number of urea groups is 1. The van der Waals surface area contributed by atoms with Gasteiger partial charge in [0.15, 0.2) is 0 Å². The van der Waals surface area contributed by atoms with E-state index in [4.69, 9.17) is 9.47 Å². The van der Waals surface area contributed by atoms with Crippen molar-refractivity contribution in [3.8, 4) is 0 Å². The van der Waals surface area contributed by atoms with Crippen LogP contribution >= 0.6 is 0 Å². The number of β-amino-alcohol motifs (C(OH)–C–C–N with tert-alkyl or cyclic N) is 1. The molecule has 0 saturated carbocycles. The zero-order chi connectivity index (χ0) is 24.8. The van der Waals surface area contributed by atoms with Gasteiger partial charge in [-0.25, -0.2) is 13.6 Å². The highest BCUT2D eigenvalue weighted by Gasteiger charge is 2.40. The Morgan fingerprint density at radius 2 is 1.91 bits per heavy atom. The molecule has 0 aliphatic carbocycles. The lowest BCUT2D eigenvalue weighted by atomic mass is 9.95. The molecule has 2 saturated heterocycles. The summed E-state index contributed by atoms with van der Waals surface area (Å²) >= 11 is 0. The molecule has 3 N–H and O–H groups in total. The molecule has 2 aromatic carbocycles. The van der Waals surface area contributed by atoms with Crippen LogP contribution in [0.1, 0.15) is 24.8 Å². The predicted octanol–water partition coefficient (Wildman–Crippen LogP) is 2.81. The topological polar surface area (TPSA) is 100 Å². The minimum Gasteiger partial charge on any atom is -0.389 e. The number of halogens is 2. The minimum atomic E-state index is -0.879. The van der Waals surface area contributed by atoms with Crippen LogP contribution in [-0.2, 0) is 20.8 Å². The van der Waals surface area contributed by atoms with E-state index in [-0.39, 0.29) is 44.4 Å². The third kappa shape index (κ3) is 6.74. The molecule has 2 aliphatic rings. The molecule has 10 heteroatoms. The number of nitrogens with one attached hydrogen (secondary N) is 2. The van der Waals surface area contributed by atoms with E-state index in [1.165, 1.54) is 29.2 Å². The van der Waals surface area contributed by atoms with Crippen molar-refractivity contribution in [2.75, 3.05) is 25.1 Å². The second-order valence-corrected chi connectivity index (χ2v) is 8.80. The predicted molar refractivity (Wildman–Crippen MR) is 123 cm³/mol. The largest absolute Gasteiger partial charge is 0.389 e. The Bertz CT molecular complexity index is 1040. The number of rotatable bonds is 5. The van der Waals surface area contributed by atoms with E-state index in [9.17, 15) is 23.5 Å². The summed E-state index contributed by atoms with van der Waals surface area (Å²) in [5.74, 6) is -1.12. The van der Waals surface area contributed by atoms with Gasteiger partial charge < -0.3 is 30.1 Å². The van der Waals surface area contributed by atoms with E-state index >= 15 is 0 Å². The number of aliphatic hydroxyl groups is 1. The molecule has 0 radical (unpaired) electrons.